The van der Waals surface area contributed by atoms with Crippen LogP contribution in [-0.2, 0) is 6.54 Å². The summed E-state index contributed by atoms with van der Waals surface area (Å²) in [6.45, 7) is 3.54. The number of para-hydroxylation sites is 1. The van der Waals surface area contributed by atoms with Crippen molar-refractivity contribution < 1.29 is 4.79 Å². The van der Waals surface area contributed by atoms with Crippen molar-refractivity contribution >= 4 is 23.3 Å². The summed E-state index contributed by atoms with van der Waals surface area (Å²) >= 11 is 6.04. The number of nitrogens with one attached hydrogen (secondary N) is 2. The molecule has 2 aromatic rings. The maximum atomic E-state index is 12.0. The summed E-state index contributed by atoms with van der Waals surface area (Å²) in [4.78, 5) is 18.7. The number of halogens is 1. The normalized spacial score (nSPS) is 17.6. The fourth-order valence-corrected chi connectivity index (χ4v) is 3.09. The predicted octanol–water partition coefficient (Wildman–Crippen LogP) is 3.38. The minimum absolute atomic E-state index is 0.216. The molecule has 3 rings (SSSR count). The fraction of sp³-hybridized carbons (Fsp3) is 0.333. The molecule has 1 atom stereocenters. The molecule has 2 heterocycles. The molecule has 0 unspecified atom stereocenters. The van der Waals surface area contributed by atoms with E-state index in [1.54, 1.807) is 12.1 Å². The van der Waals surface area contributed by atoms with E-state index in [0.717, 1.165) is 31.7 Å². The second-order valence-corrected chi connectivity index (χ2v) is 6.43. The first-order valence-electron chi connectivity index (χ1n) is 8.12. The Hall–Kier alpha value is -2.11. The van der Waals surface area contributed by atoms with Crippen LogP contribution in [0.3, 0.4) is 0 Å². The lowest BCUT2D eigenvalue weighted by Gasteiger charge is -2.16. The highest BCUT2D eigenvalue weighted by atomic mass is 35.5. The van der Waals surface area contributed by atoms with E-state index < -0.39 is 0 Å². The van der Waals surface area contributed by atoms with E-state index in [4.69, 9.17) is 11.6 Å². The van der Waals surface area contributed by atoms with E-state index in [1.165, 1.54) is 0 Å². The number of anilines is 1. The lowest BCUT2D eigenvalue weighted by Crippen LogP contribution is -2.34. The molecule has 24 heavy (non-hydrogen) atoms. The van der Waals surface area contributed by atoms with E-state index in [-0.39, 0.29) is 6.03 Å². The lowest BCUT2D eigenvalue weighted by atomic mass is 10.1. The van der Waals surface area contributed by atoms with Gasteiger partial charge in [0.25, 0.3) is 0 Å². The van der Waals surface area contributed by atoms with Crippen LogP contribution in [0.25, 0.3) is 0 Å². The van der Waals surface area contributed by atoms with Gasteiger partial charge in [-0.3, -0.25) is 9.88 Å². The van der Waals surface area contributed by atoms with Crippen LogP contribution in [0.4, 0.5) is 10.5 Å². The van der Waals surface area contributed by atoms with E-state index in [0.29, 0.717) is 23.2 Å². The van der Waals surface area contributed by atoms with Crippen molar-refractivity contribution in [3.8, 4) is 0 Å². The van der Waals surface area contributed by atoms with Crippen molar-refractivity contribution in [1.29, 1.82) is 0 Å². The van der Waals surface area contributed by atoms with Crippen molar-refractivity contribution in [1.82, 2.24) is 15.2 Å². The number of hydrogen-bond donors (Lipinski definition) is 2. The molecule has 6 heteroatoms. The summed E-state index contributed by atoms with van der Waals surface area (Å²) in [6.07, 6.45) is 2.91. The minimum atomic E-state index is -0.216. The Morgan fingerprint density at radius 2 is 2.08 bits per heavy atom. The van der Waals surface area contributed by atoms with Crippen LogP contribution >= 0.6 is 11.6 Å². The first-order chi connectivity index (χ1) is 11.7. The highest BCUT2D eigenvalue weighted by Crippen LogP contribution is 2.20. The molecule has 0 aliphatic carbocycles. The summed E-state index contributed by atoms with van der Waals surface area (Å²) in [5, 5.41) is 6.25. The van der Waals surface area contributed by atoms with Gasteiger partial charge in [-0.15, -0.1) is 0 Å². The molecular weight excluding hydrogens is 324 g/mol. The Morgan fingerprint density at radius 1 is 1.25 bits per heavy atom. The van der Waals surface area contributed by atoms with Gasteiger partial charge in [-0.05, 0) is 43.1 Å². The van der Waals surface area contributed by atoms with Gasteiger partial charge in [-0.2, -0.15) is 0 Å². The zero-order valence-corrected chi connectivity index (χ0v) is 14.2. The van der Waals surface area contributed by atoms with E-state index >= 15 is 0 Å². The fourth-order valence-electron chi connectivity index (χ4n) is 2.91. The third-order valence-electron chi connectivity index (χ3n) is 4.16. The Morgan fingerprint density at radius 3 is 2.88 bits per heavy atom. The topological polar surface area (TPSA) is 57.3 Å². The van der Waals surface area contributed by atoms with E-state index in [2.05, 4.69) is 20.5 Å². The van der Waals surface area contributed by atoms with Crippen molar-refractivity contribution in [2.24, 2.45) is 5.92 Å². The van der Waals surface area contributed by atoms with Crippen LogP contribution in [0.5, 0.6) is 0 Å². The van der Waals surface area contributed by atoms with Gasteiger partial charge in [0.2, 0.25) is 0 Å². The molecular formula is C18H21ClN4O. The number of carbonyl (C=O) groups excluding carboxylic acids is 1. The van der Waals surface area contributed by atoms with Gasteiger partial charge in [0.05, 0.1) is 16.4 Å². The number of rotatable bonds is 5. The quantitative estimate of drug-likeness (QED) is 0.874. The molecule has 126 valence electrons. The van der Waals surface area contributed by atoms with Gasteiger partial charge in [-0.1, -0.05) is 29.8 Å². The summed E-state index contributed by atoms with van der Waals surface area (Å²) in [5.41, 5.74) is 1.71. The average Bonchev–Trinajstić information content (AvgIpc) is 3.03. The van der Waals surface area contributed by atoms with E-state index in [9.17, 15) is 4.79 Å². The van der Waals surface area contributed by atoms with Gasteiger partial charge in [0.15, 0.2) is 0 Å². The number of benzene rings is 1. The molecule has 1 saturated heterocycles. The second kappa shape index (κ2) is 8.13. The van der Waals surface area contributed by atoms with Crippen molar-refractivity contribution in [3.63, 3.8) is 0 Å². The molecule has 5 nitrogen and oxygen atoms in total. The molecule has 1 aliphatic rings. The smallest absolute Gasteiger partial charge is 0.319 e. The van der Waals surface area contributed by atoms with Gasteiger partial charge in [-0.25, -0.2) is 4.79 Å². The number of likely N-dealkylation sites (tertiary alicyclic amines) is 1. The number of hydrogen-bond acceptors (Lipinski definition) is 3. The number of aromatic nitrogens is 1. The molecule has 2 amide bonds. The van der Waals surface area contributed by atoms with Crippen LogP contribution < -0.4 is 10.6 Å². The molecule has 1 aliphatic heterocycles. The predicted molar refractivity (Wildman–Crippen MR) is 96.1 cm³/mol. The summed E-state index contributed by atoms with van der Waals surface area (Å²) < 4.78 is 0. The number of nitrogens with zero attached hydrogens (tertiary/aromatic N) is 2. The minimum Gasteiger partial charge on any atom is -0.338 e. The SMILES string of the molecule is O=C(NC[C@H]1CCN(Cc2ccccn2)C1)Nc1ccccc1Cl. The Kier molecular flexibility index (Phi) is 5.67. The summed E-state index contributed by atoms with van der Waals surface area (Å²) in [7, 11) is 0. The van der Waals surface area contributed by atoms with Crippen molar-refractivity contribution in [2.75, 3.05) is 25.0 Å². The Bertz CT molecular complexity index is 680. The molecule has 0 radical (unpaired) electrons. The first kappa shape index (κ1) is 16.7. The monoisotopic (exact) mass is 344 g/mol. The Balaban J connectivity index is 1.41. The second-order valence-electron chi connectivity index (χ2n) is 6.03. The van der Waals surface area contributed by atoms with E-state index in [1.807, 2.05) is 36.5 Å². The number of amides is 2. The highest BCUT2D eigenvalue weighted by Gasteiger charge is 2.23. The third-order valence-corrected chi connectivity index (χ3v) is 4.48. The van der Waals surface area contributed by atoms with Crippen LogP contribution in [0, 0.1) is 5.92 Å². The molecule has 1 aromatic heterocycles. The molecule has 1 aromatic carbocycles. The first-order valence-corrected chi connectivity index (χ1v) is 8.50. The third kappa shape index (κ3) is 4.69. The summed E-state index contributed by atoms with van der Waals surface area (Å²) in [6, 6.07) is 13.0. The molecule has 0 bridgehead atoms. The maximum absolute atomic E-state index is 12.0. The van der Waals surface area contributed by atoms with Gasteiger partial charge < -0.3 is 10.6 Å². The van der Waals surface area contributed by atoms with Crippen molar-refractivity contribution in [3.05, 3.63) is 59.4 Å². The van der Waals surface area contributed by atoms with Crippen LogP contribution in [0.15, 0.2) is 48.7 Å². The van der Waals surface area contributed by atoms with Crippen molar-refractivity contribution in [2.45, 2.75) is 13.0 Å². The van der Waals surface area contributed by atoms with Gasteiger partial charge in [0, 0.05) is 25.8 Å². The van der Waals surface area contributed by atoms with Gasteiger partial charge in [0.1, 0.15) is 0 Å². The van der Waals surface area contributed by atoms with Crippen LogP contribution in [0.1, 0.15) is 12.1 Å². The molecule has 0 saturated carbocycles. The van der Waals surface area contributed by atoms with Crippen LogP contribution in [-0.4, -0.2) is 35.5 Å². The maximum Gasteiger partial charge on any atom is 0.319 e. The zero-order chi connectivity index (χ0) is 16.8. The molecule has 0 spiro atoms. The average molecular weight is 345 g/mol. The van der Waals surface area contributed by atoms with Gasteiger partial charge >= 0.3 is 6.03 Å². The zero-order valence-electron chi connectivity index (χ0n) is 13.4. The number of urea groups is 1. The molecule has 1 fully saturated rings. The number of carbonyl (C=O) groups is 1. The van der Waals surface area contributed by atoms with Crippen LogP contribution in [0.2, 0.25) is 5.02 Å². The molecule has 2 N–H and O–H groups in total. The highest BCUT2D eigenvalue weighted by molar-refractivity contribution is 6.33. The Labute approximate surface area is 147 Å². The largest absolute Gasteiger partial charge is 0.338 e. The standard InChI is InChI=1S/C18H21ClN4O/c19-16-6-1-2-7-17(16)22-18(24)21-11-14-8-10-23(12-14)13-15-5-3-4-9-20-15/h1-7,9,14H,8,10-13H2,(H2,21,22,24)/t14-/m1/s1. The summed E-state index contributed by atoms with van der Waals surface area (Å²) in [5.74, 6) is 0.464. The number of pyridine rings is 1. The lowest BCUT2D eigenvalue weighted by molar-refractivity contribution is 0.249.